The summed E-state index contributed by atoms with van der Waals surface area (Å²) >= 11 is 0. The molecule has 0 bridgehead atoms. The third-order valence-electron chi connectivity index (χ3n) is 3.53. The first-order valence-corrected chi connectivity index (χ1v) is 10.7. The summed E-state index contributed by atoms with van der Waals surface area (Å²) in [5.74, 6) is 0. The first kappa shape index (κ1) is 19.8. The van der Waals surface area contributed by atoms with Crippen molar-refractivity contribution in [2.24, 2.45) is 4.99 Å². The number of rotatable bonds is 10. The number of ether oxygens (including phenoxy) is 1. The maximum absolute atomic E-state index is 6.21. The standard InChI is InChI=1S/C16H33NO4Si/c1-4-7-8-9-11-17-14-16-15-18-12-10-13-22(21-16,19-5-2)20-6-3/h14,16H,4-13,15H2,1-3H3. The molecule has 1 aliphatic heterocycles. The third kappa shape index (κ3) is 7.83. The third-order valence-corrected chi connectivity index (χ3v) is 6.61. The van der Waals surface area contributed by atoms with E-state index in [2.05, 4.69) is 11.9 Å². The van der Waals surface area contributed by atoms with Crippen LogP contribution in [0, 0.1) is 0 Å². The van der Waals surface area contributed by atoms with Gasteiger partial charge in [-0.3, -0.25) is 4.99 Å². The van der Waals surface area contributed by atoms with Gasteiger partial charge in [-0.2, -0.15) is 0 Å². The fourth-order valence-corrected chi connectivity index (χ4v) is 5.18. The summed E-state index contributed by atoms with van der Waals surface area (Å²) < 4.78 is 23.7. The second kappa shape index (κ2) is 12.2. The van der Waals surface area contributed by atoms with E-state index in [4.69, 9.17) is 18.0 Å². The van der Waals surface area contributed by atoms with E-state index in [1.54, 1.807) is 0 Å². The van der Waals surface area contributed by atoms with Gasteiger partial charge in [0.15, 0.2) is 0 Å². The molecule has 0 radical (unpaired) electrons. The highest BCUT2D eigenvalue weighted by molar-refractivity contribution is 6.60. The lowest BCUT2D eigenvalue weighted by Crippen LogP contribution is -2.51. The van der Waals surface area contributed by atoms with Crippen LogP contribution < -0.4 is 0 Å². The largest absolute Gasteiger partial charge is 0.501 e. The van der Waals surface area contributed by atoms with E-state index in [0.29, 0.717) is 19.8 Å². The molecule has 0 amide bonds. The first-order chi connectivity index (χ1) is 10.8. The Morgan fingerprint density at radius 3 is 2.59 bits per heavy atom. The Morgan fingerprint density at radius 1 is 1.14 bits per heavy atom. The zero-order valence-electron chi connectivity index (χ0n) is 14.5. The molecular weight excluding hydrogens is 298 g/mol. The number of hydrogen-bond donors (Lipinski definition) is 0. The summed E-state index contributed by atoms with van der Waals surface area (Å²) in [7, 11) is -2.58. The molecule has 0 aromatic rings. The summed E-state index contributed by atoms with van der Waals surface area (Å²) in [6.45, 7) is 9.56. The van der Waals surface area contributed by atoms with E-state index in [-0.39, 0.29) is 6.10 Å². The van der Waals surface area contributed by atoms with Gasteiger partial charge in [-0.05, 0) is 26.7 Å². The Labute approximate surface area is 136 Å². The SMILES string of the molecule is CCCCCCN=CC1COCCC[Si](OCC)(OCC)O1. The van der Waals surface area contributed by atoms with E-state index in [1.807, 2.05) is 20.1 Å². The Hall–Kier alpha value is -0.273. The molecule has 1 atom stereocenters. The lowest BCUT2D eigenvalue weighted by molar-refractivity contribution is 0.000370. The lowest BCUT2D eigenvalue weighted by Gasteiger charge is -2.33. The van der Waals surface area contributed by atoms with Gasteiger partial charge in [0.2, 0.25) is 0 Å². The van der Waals surface area contributed by atoms with Crippen LogP contribution in [0.25, 0.3) is 0 Å². The zero-order chi connectivity index (χ0) is 16.1. The van der Waals surface area contributed by atoms with E-state index in [9.17, 15) is 0 Å². The fourth-order valence-electron chi connectivity index (χ4n) is 2.50. The molecule has 0 aromatic carbocycles. The lowest BCUT2D eigenvalue weighted by atomic mass is 10.2. The summed E-state index contributed by atoms with van der Waals surface area (Å²) in [6.07, 6.45) is 7.56. The monoisotopic (exact) mass is 331 g/mol. The van der Waals surface area contributed by atoms with Crippen molar-refractivity contribution in [2.75, 3.05) is 33.0 Å². The number of unbranched alkanes of at least 4 members (excludes halogenated alkanes) is 3. The normalized spacial score (nSPS) is 22.6. The van der Waals surface area contributed by atoms with Crippen LogP contribution in [-0.2, 0) is 18.0 Å². The maximum atomic E-state index is 6.21. The highest BCUT2D eigenvalue weighted by Gasteiger charge is 2.43. The highest BCUT2D eigenvalue weighted by Crippen LogP contribution is 2.22. The van der Waals surface area contributed by atoms with Gasteiger partial charge in [-0.1, -0.05) is 26.2 Å². The minimum absolute atomic E-state index is 0.156. The Kier molecular flexibility index (Phi) is 11.0. The van der Waals surface area contributed by atoms with Gasteiger partial charge in [0, 0.05) is 38.6 Å². The molecule has 1 saturated heterocycles. The minimum atomic E-state index is -2.58. The molecule has 0 aromatic heterocycles. The fraction of sp³-hybridized carbons (Fsp3) is 0.938. The van der Waals surface area contributed by atoms with Crippen LogP contribution in [0.15, 0.2) is 4.99 Å². The second-order valence-electron chi connectivity index (χ2n) is 5.50. The van der Waals surface area contributed by atoms with E-state index < -0.39 is 8.80 Å². The van der Waals surface area contributed by atoms with Crippen molar-refractivity contribution in [1.29, 1.82) is 0 Å². The molecule has 0 N–H and O–H groups in total. The van der Waals surface area contributed by atoms with Crippen LogP contribution in [0.4, 0.5) is 0 Å². The van der Waals surface area contributed by atoms with Crippen molar-refractivity contribution >= 4 is 15.0 Å². The van der Waals surface area contributed by atoms with Crippen molar-refractivity contribution in [3.05, 3.63) is 0 Å². The Morgan fingerprint density at radius 2 is 1.91 bits per heavy atom. The molecule has 1 fully saturated rings. The number of aliphatic imine (C=N–C) groups is 1. The maximum Gasteiger partial charge on any atom is 0.501 e. The van der Waals surface area contributed by atoms with Gasteiger partial charge in [-0.15, -0.1) is 0 Å². The van der Waals surface area contributed by atoms with Crippen molar-refractivity contribution in [3.8, 4) is 0 Å². The number of nitrogens with zero attached hydrogens (tertiary/aromatic N) is 1. The topological polar surface area (TPSA) is 49.3 Å². The molecule has 1 rings (SSSR count). The molecule has 1 heterocycles. The van der Waals surface area contributed by atoms with E-state index in [0.717, 1.165) is 32.0 Å². The van der Waals surface area contributed by atoms with E-state index >= 15 is 0 Å². The van der Waals surface area contributed by atoms with Gasteiger partial charge in [0.05, 0.1) is 6.61 Å². The predicted molar refractivity (Wildman–Crippen MR) is 91.6 cm³/mol. The highest BCUT2D eigenvalue weighted by atomic mass is 28.4. The van der Waals surface area contributed by atoms with Crippen LogP contribution in [0.1, 0.15) is 52.9 Å². The molecule has 1 unspecified atom stereocenters. The smallest absolute Gasteiger partial charge is 0.378 e. The summed E-state index contributed by atoms with van der Waals surface area (Å²) in [4.78, 5) is 4.51. The molecular formula is C16H33NO4Si. The van der Waals surface area contributed by atoms with Crippen LogP contribution >= 0.6 is 0 Å². The van der Waals surface area contributed by atoms with Crippen molar-refractivity contribution in [1.82, 2.24) is 0 Å². The molecule has 1 aliphatic rings. The molecule has 0 saturated carbocycles. The molecule has 5 nitrogen and oxygen atoms in total. The van der Waals surface area contributed by atoms with Crippen molar-refractivity contribution in [2.45, 2.75) is 65.0 Å². The molecule has 22 heavy (non-hydrogen) atoms. The van der Waals surface area contributed by atoms with Crippen LogP contribution in [0.2, 0.25) is 6.04 Å². The van der Waals surface area contributed by atoms with Gasteiger partial charge >= 0.3 is 8.80 Å². The summed E-state index contributed by atoms with van der Waals surface area (Å²) in [5.41, 5.74) is 0. The van der Waals surface area contributed by atoms with Gasteiger partial charge < -0.3 is 18.0 Å². The van der Waals surface area contributed by atoms with Crippen molar-refractivity contribution < 1.29 is 18.0 Å². The van der Waals surface area contributed by atoms with Gasteiger partial charge in [0.1, 0.15) is 6.10 Å². The molecule has 0 aliphatic carbocycles. The van der Waals surface area contributed by atoms with E-state index in [1.165, 1.54) is 19.3 Å². The first-order valence-electron chi connectivity index (χ1n) is 8.79. The quantitative estimate of drug-likeness (QED) is 0.349. The zero-order valence-corrected chi connectivity index (χ0v) is 15.5. The van der Waals surface area contributed by atoms with Crippen LogP contribution in [-0.4, -0.2) is 54.1 Å². The second-order valence-corrected chi connectivity index (χ2v) is 8.18. The average Bonchev–Trinajstić information content (AvgIpc) is 2.48. The van der Waals surface area contributed by atoms with Crippen LogP contribution in [0.3, 0.4) is 0 Å². The van der Waals surface area contributed by atoms with Gasteiger partial charge in [0.25, 0.3) is 0 Å². The van der Waals surface area contributed by atoms with Gasteiger partial charge in [-0.25, -0.2) is 0 Å². The number of hydrogen-bond acceptors (Lipinski definition) is 5. The Bertz CT molecular complexity index is 296. The van der Waals surface area contributed by atoms with Crippen molar-refractivity contribution in [3.63, 3.8) is 0 Å². The summed E-state index contributed by atoms with van der Waals surface area (Å²) in [5, 5.41) is 0. The molecule has 0 spiro atoms. The molecule has 6 heteroatoms. The minimum Gasteiger partial charge on any atom is -0.378 e. The summed E-state index contributed by atoms with van der Waals surface area (Å²) in [6, 6.07) is 0.815. The Balaban J connectivity index is 2.53. The average molecular weight is 332 g/mol. The predicted octanol–water partition coefficient (Wildman–Crippen LogP) is 3.45. The van der Waals surface area contributed by atoms with Crippen LogP contribution in [0.5, 0.6) is 0 Å². The molecule has 130 valence electrons.